The lowest BCUT2D eigenvalue weighted by atomic mass is 9.95. The highest BCUT2D eigenvalue weighted by Crippen LogP contribution is 2.40. The van der Waals surface area contributed by atoms with Crippen molar-refractivity contribution in [1.29, 1.82) is 0 Å². The van der Waals surface area contributed by atoms with Gasteiger partial charge in [0.15, 0.2) is 0 Å². The number of ether oxygens (including phenoxy) is 1. The Bertz CT molecular complexity index is 1000. The van der Waals surface area contributed by atoms with Crippen molar-refractivity contribution in [1.82, 2.24) is 9.88 Å². The summed E-state index contributed by atoms with van der Waals surface area (Å²) in [6.45, 7) is 2.94. The van der Waals surface area contributed by atoms with Gasteiger partial charge in [-0.3, -0.25) is 4.98 Å². The predicted molar refractivity (Wildman–Crippen MR) is 114 cm³/mol. The summed E-state index contributed by atoms with van der Waals surface area (Å²) in [4.78, 5) is 6.44. The van der Waals surface area contributed by atoms with Crippen LogP contribution in [0.5, 0.6) is 5.75 Å². The zero-order valence-corrected chi connectivity index (χ0v) is 17.3. The molecule has 0 aliphatic rings. The van der Waals surface area contributed by atoms with E-state index in [4.69, 9.17) is 4.74 Å². The molecule has 0 aliphatic heterocycles. The molecule has 0 N–H and O–H groups in total. The summed E-state index contributed by atoms with van der Waals surface area (Å²) in [5.41, 5.74) is 3.37. The van der Waals surface area contributed by atoms with Crippen LogP contribution >= 0.6 is 0 Å². The maximum absolute atomic E-state index is 13.5. The van der Waals surface area contributed by atoms with E-state index < -0.39 is 11.7 Å². The minimum absolute atomic E-state index is 0.167. The molecule has 2 aromatic carbocycles. The van der Waals surface area contributed by atoms with Crippen LogP contribution in [0, 0.1) is 6.92 Å². The van der Waals surface area contributed by atoms with Crippen LogP contribution in [0.25, 0.3) is 22.4 Å². The van der Waals surface area contributed by atoms with Gasteiger partial charge in [0.1, 0.15) is 5.75 Å². The Hall–Kier alpha value is -2.86. The highest BCUT2D eigenvalue weighted by molar-refractivity contribution is 5.82. The lowest BCUT2D eigenvalue weighted by Gasteiger charge is -2.17. The van der Waals surface area contributed by atoms with Crippen LogP contribution in [0.4, 0.5) is 13.2 Å². The maximum Gasteiger partial charge on any atom is 0.419 e. The maximum atomic E-state index is 13.5. The SMILES string of the molecule is Cc1ccccc1-c1cccnc1-c1ccc(C(F)(F)F)c(OCCCN(C)C)c1. The van der Waals surface area contributed by atoms with E-state index in [0.29, 0.717) is 17.7 Å². The first-order valence-corrected chi connectivity index (χ1v) is 9.77. The fourth-order valence-corrected chi connectivity index (χ4v) is 3.31. The van der Waals surface area contributed by atoms with Gasteiger partial charge < -0.3 is 9.64 Å². The second kappa shape index (κ2) is 9.30. The number of pyridine rings is 1. The molecule has 30 heavy (non-hydrogen) atoms. The largest absolute Gasteiger partial charge is 0.493 e. The van der Waals surface area contributed by atoms with Crippen molar-refractivity contribution in [2.24, 2.45) is 0 Å². The van der Waals surface area contributed by atoms with E-state index in [0.717, 1.165) is 29.3 Å². The smallest absolute Gasteiger partial charge is 0.419 e. The quantitative estimate of drug-likeness (QED) is 0.439. The minimum atomic E-state index is -4.49. The summed E-state index contributed by atoms with van der Waals surface area (Å²) in [5.74, 6) is -0.167. The van der Waals surface area contributed by atoms with Gasteiger partial charge in [-0.15, -0.1) is 0 Å². The number of aryl methyl sites for hydroxylation is 1. The fraction of sp³-hybridized carbons (Fsp3) is 0.292. The van der Waals surface area contributed by atoms with Gasteiger partial charge in [-0.2, -0.15) is 13.2 Å². The zero-order valence-electron chi connectivity index (χ0n) is 17.3. The van der Waals surface area contributed by atoms with Crippen LogP contribution in [-0.4, -0.2) is 37.1 Å². The number of nitrogens with zero attached hydrogens (tertiary/aromatic N) is 2. The second-order valence-corrected chi connectivity index (χ2v) is 7.43. The number of rotatable bonds is 7. The van der Waals surface area contributed by atoms with E-state index in [1.807, 2.05) is 62.3 Å². The van der Waals surface area contributed by atoms with Crippen molar-refractivity contribution in [2.75, 3.05) is 27.2 Å². The summed E-state index contributed by atoms with van der Waals surface area (Å²) in [5, 5.41) is 0. The Balaban J connectivity index is 2.01. The third-order valence-electron chi connectivity index (χ3n) is 4.81. The number of hydrogen-bond donors (Lipinski definition) is 0. The Kier molecular flexibility index (Phi) is 6.77. The molecule has 0 bridgehead atoms. The number of benzene rings is 2. The van der Waals surface area contributed by atoms with E-state index in [2.05, 4.69) is 4.98 Å². The molecule has 1 heterocycles. The Labute approximate surface area is 175 Å². The Morgan fingerprint density at radius 1 is 0.967 bits per heavy atom. The van der Waals surface area contributed by atoms with Gasteiger partial charge in [0.05, 0.1) is 17.9 Å². The van der Waals surface area contributed by atoms with E-state index in [9.17, 15) is 13.2 Å². The molecular weight excluding hydrogens is 389 g/mol. The predicted octanol–water partition coefficient (Wildman–Crippen LogP) is 6.07. The van der Waals surface area contributed by atoms with Crippen LogP contribution in [-0.2, 0) is 6.18 Å². The van der Waals surface area contributed by atoms with Crippen molar-refractivity contribution in [3.8, 4) is 28.1 Å². The Morgan fingerprint density at radius 2 is 1.70 bits per heavy atom. The average Bonchev–Trinajstić information content (AvgIpc) is 2.70. The number of alkyl halides is 3. The summed E-state index contributed by atoms with van der Waals surface area (Å²) in [7, 11) is 3.83. The molecule has 0 spiro atoms. The molecule has 0 amide bonds. The van der Waals surface area contributed by atoms with Crippen molar-refractivity contribution >= 4 is 0 Å². The first-order valence-electron chi connectivity index (χ1n) is 9.77. The van der Waals surface area contributed by atoms with Crippen LogP contribution < -0.4 is 4.74 Å². The fourth-order valence-electron chi connectivity index (χ4n) is 3.31. The molecule has 3 rings (SSSR count). The van der Waals surface area contributed by atoms with Gasteiger partial charge in [-0.05, 0) is 56.8 Å². The first kappa shape index (κ1) is 21.8. The molecule has 0 unspecified atom stereocenters. The molecule has 0 aliphatic carbocycles. The highest BCUT2D eigenvalue weighted by atomic mass is 19.4. The van der Waals surface area contributed by atoms with Gasteiger partial charge in [0.2, 0.25) is 0 Å². The number of hydrogen-bond acceptors (Lipinski definition) is 3. The topological polar surface area (TPSA) is 25.4 Å². The van der Waals surface area contributed by atoms with Gasteiger partial charge in [-0.25, -0.2) is 0 Å². The van der Waals surface area contributed by atoms with Crippen molar-refractivity contribution in [2.45, 2.75) is 19.5 Å². The molecule has 6 heteroatoms. The summed E-state index contributed by atoms with van der Waals surface area (Å²) in [6.07, 6.45) is -2.21. The van der Waals surface area contributed by atoms with Gasteiger partial charge in [0, 0.05) is 23.9 Å². The lowest BCUT2D eigenvalue weighted by molar-refractivity contribution is -0.138. The molecule has 0 saturated heterocycles. The van der Waals surface area contributed by atoms with Gasteiger partial charge >= 0.3 is 6.18 Å². The average molecular weight is 414 g/mol. The van der Waals surface area contributed by atoms with Gasteiger partial charge in [-0.1, -0.05) is 36.4 Å². The third-order valence-corrected chi connectivity index (χ3v) is 4.81. The molecule has 0 atom stereocenters. The van der Waals surface area contributed by atoms with Crippen LogP contribution in [0.2, 0.25) is 0 Å². The van der Waals surface area contributed by atoms with Crippen molar-refractivity contribution < 1.29 is 17.9 Å². The van der Waals surface area contributed by atoms with E-state index in [1.165, 1.54) is 12.1 Å². The Morgan fingerprint density at radius 3 is 2.40 bits per heavy atom. The van der Waals surface area contributed by atoms with Crippen molar-refractivity contribution in [3.05, 3.63) is 71.9 Å². The molecule has 0 radical (unpaired) electrons. The molecule has 0 fully saturated rings. The third kappa shape index (κ3) is 5.19. The molecule has 1 aromatic heterocycles. The summed E-state index contributed by atoms with van der Waals surface area (Å²) in [6, 6.07) is 15.6. The minimum Gasteiger partial charge on any atom is -0.493 e. The summed E-state index contributed by atoms with van der Waals surface area (Å²) >= 11 is 0. The number of halogens is 3. The molecule has 3 nitrogen and oxygen atoms in total. The zero-order chi connectivity index (χ0) is 21.7. The van der Waals surface area contributed by atoms with E-state index >= 15 is 0 Å². The molecule has 0 saturated carbocycles. The molecular formula is C24H25F3N2O. The van der Waals surface area contributed by atoms with Crippen LogP contribution in [0.3, 0.4) is 0 Å². The lowest BCUT2D eigenvalue weighted by Crippen LogP contribution is -2.16. The second-order valence-electron chi connectivity index (χ2n) is 7.43. The van der Waals surface area contributed by atoms with E-state index in [-0.39, 0.29) is 12.4 Å². The molecule has 158 valence electrons. The van der Waals surface area contributed by atoms with Gasteiger partial charge in [0.25, 0.3) is 0 Å². The summed E-state index contributed by atoms with van der Waals surface area (Å²) < 4.78 is 46.1. The van der Waals surface area contributed by atoms with Crippen molar-refractivity contribution in [3.63, 3.8) is 0 Å². The highest BCUT2D eigenvalue weighted by Gasteiger charge is 2.34. The monoisotopic (exact) mass is 414 g/mol. The first-order chi connectivity index (χ1) is 14.3. The van der Waals surface area contributed by atoms with E-state index in [1.54, 1.807) is 6.20 Å². The standard InChI is InChI=1S/C24H25F3N2O/c1-17-8-4-5-9-19(17)20-10-6-13-28-23(20)18-11-12-21(24(25,26)27)22(16-18)30-15-7-14-29(2)3/h4-6,8-13,16H,7,14-15H2,1-3H3. The van der Waals surface area contributed by atoms with Crippen LogP contribution in [0.15, 0.2) is 60.8 Å². The molecule has 3 aromatic rings. The normalized spacial score (nSPS) is 11.7. The number of aromatic nitrogens is 1. The van der Waals surface area contributed by atoms with Crippen LogP contribution in [0.1, 0.15) is 17.5 Å².